The third-order valence-electron chi connectivity index (χ3n) is 2.21. The molecule has 0 aliphatic heterocycles. The molecule has 0 atom stereocenters. The zero-order valence-corrected chi connectivity index (χ0v) is 11.4. The Hall–Kier alpha value is -1.99. The monoisotopic (exact) mass is 296 g/mol. The summed E-state index contributed by atoms with van der Waals surface area (Å²) in [6.07, 6.45) is 1.40. The minimum Gasteiger partial charge on any atom is -0.411 e. The lowest BCUT2D eigenvalue weighted by Gasteiger charge is -2.00. The number of hydrogen-bond acceptors (Lipinski definition) is 6. The summed E-state index contributed by atoms with van der Waals surface area (Å²) in [5.41, 5.74) is 1.13. The van der Waals surface area contributed by atoms with Gasteiger partial charge in [0.1, 0.15) is 17.1 Å². The highest BCUT2D eigenvalue weighted by Crippen LogP contribution is 2.17. The summed E-state index contributed by atoms with van der Waals surface area (Å²) in [6.45, 7) is 1.61. The van der Waals surface area contributed by atoms with E-state index in [1.807, 2.05) is 0 Å². The van der Waals surface area contributed by atoms with Crippen molar-refractivity contribution in [2.45, 2.75) is 6.92 Å². The van der Waals surface area contributed by atoms with Gasteiger partial charge >= 0.3 is 0 Å². The number of pyridine rings is 1. The van der Waals surface area contributed by atoms with Crippen LogP contribution in [0.5, 0.6) is 0 Å². The lowest BCUT2D eigenvalue weighted by atomic mass is 10.3. The van der Waals surface area contributed by atoms with E-state index < -0.39 is 0 Å². The number of amides is 1. The Morgan fingerprint density at radius 3 is 2.89 bits per heavy atom. The molecule has 8 heteroatoms. The van der Waals surface area contributed by atoms with Crippen LogP contribution in [0.25, 0.3) is 0 Å². The molecule has 2 heterocycles. The third-order valence-corrected chi connectivity index (χ3v) is 3.19. The molecule has 0 fully saturated rings. The maximum Gasteiger partial charge on any atom is 0.276 e. The number of aromatic nitrogens is 2. The Morgan fingerprint density at radius 1 is 1.47 bits per heavy atom. The number of carbonyl (C=O) groups is 1. The van der Waals surface area contributed by atoms with E-state index in [9.17, 15) is 4.79 Å². The Bertz CT molecular complexity index is 624. The summed E-state index contributed by atoms with van der Waals surface area (Å²) < 4.78 is 0. The van der Waals surface area contributed by atoms with Gasteiger partial charge in [-0.2, -0.15) is 0 Å². The van der Waals surface area contributed by atoms with E-state index in [0.29, 0.717) is 21.6 Å². The number of rotatable bonds is 3. The number of nitrogens with zero attached hydrogens (tertiary/aromatic N) is 3. The molecule has 2 rings (SSSR count). The molecule has 0 aliphatic rings. The Morgan fingerprint density at radius 2 is 2.26 bits per heavy atom. The van der Waals surface area contributed by atoms with Gasteiger partial charge in [-0.3, -0.25) is 10.1 Å². The summed E-state index contributed by atoms with van der Waals surface area (Å²) in [5, 5.41) is 16.8. The molecular weight excluding hydrogens is 288 g/mol. The van der Waals surface area contributed by atoms with Crippen molar-refractivity contribution < 1.29 is 10.0 Å². The highest BCUT2D eigenvalue weighted by atomic mass is 35.5. The fraction of sp³-hybridized carbons (Fsp3) is 0.0909. The molecule has 6 nitrogen and oxygen atoms in total. The molecule has 0 spiro atoms. The van der Waals surface area contributed by atoms with Crippen molar-refractivity contribution in [3.05, 3.63) is 40.1 Å². The van der Waals surface area contributed by atoms with Gasteiger partial charge in [-0.25, -0.2) is 9.97 Å². The average molecular weight is 297 g/mol. The van der Waals surface area contributed by atoms with Crippen LogP contribution in [0.15, 0.2) is 28.9 Å². The molecule has 1 amide bonds. The first-order valence-electron chi connectivity index (χ1n) is 5.17. The fourth-order valence-corrected chi connectivity index (χ4v) is 2.08. The summed E-state index contributed by atoms with van der Waals surface area (Å²) in [4.78, 5) is 19.9. The first-order valence-corrected chi connectivity index (χ1v) is 6.43. The molecule has 98 valence electrons. The summed E-state index contributed by atoms with van der Waals surface area (Å²) >= 11 is 6.92. The Labute approximate surface area is 117 Å². The maximum absolute atomic E-state index is 11.8. The predicted molar refractivity (Wildman–Crippen MR) is 73.3 cm³/mol. The normalized spacial score (nSPS) is 11.4. The highest BCUT2D eigenvalue weighted by Gasteiger charge is 2.11. The molecule has 0 aromatic carbocycles. The van der Waals surface area contributed by atoms with Crippen molar-refractivity contribution >= 4 is 39.7 Å². The minimum atomic E-state index is -0.379. The molecule has 0 radical (unpaired) electrons. The molecule has 0 bridgehead atoms. The van der Waals surface area contributed by atoms with Gasteiger partial charge in [-0.05, 0) is 19.1 Å². The first-order chi connectivity index (χ1) is 9.10. The van der Waals surface area contributed by atoms with Gasteiger partial charge in [-0.15, -0.1) is 11.3 Å². The fourth-order valence-electron chi connectivity index (χ4n) is 1.22. The molecular formula is C11H9ClN4O2S. The van der Waals surface area contributed by atoms with Crippen molar-refractivity contribution in [3.8, 4) is 0 Å². The van der Waals surface area contributed by atoms with Crippen LogP contribution in [0.3, 0.4) is 0 Å². The van der Waals surface area contributed by atoms with Crippen LogP contribution < -0.4 is 5.32 Å². The van der Waals surface area contributed by atoms with Crippen molar-refractivity contribution in [2.24, 2.45) is 5.16 Å². The molecule has 0 saturated heterocycles. The van der Waals surface area contributed by atoms with Crippen molar-refractivity contribution in [1.29, 1.82) is 0 Å². The standard InChI is InChI=1S/C11H9ClN4O2S/c1-6(16-18)9-5-19-11(14-9)15-10(17)8-3-2-7(12)4-13-8/h2-5,18H,1H3,(H,14,15,17). The summed E-state index contributed by atoms with van der Waals surface area (Å²) in [6, 6.07) is 3.10. The number of thiazole rings is 1. The Balaban J connectivity index is 2.11. The summed E-state index contributed by atoms with van der Waals surface area (Å²) in [7, 11) is 0. The van der Waals surface area contributed by atoms with Crippen LogP contribution in [-0.4, -0.2) is 26.8 Å². The topological polar surface area (TPSA) is 87.5 Å². The van der Waals surface area contributed by atoms with Crippen molar-refractivity contribution in [3.63, 3.8) is 0 Å². The smallest absolute Gasteiger partial charge is 0.276 e. The van der Waals surface area contributed by atoms with E-state index in [4.69, 9.17) is 16.8 Å². The minimum absolute atomic E-state index is 0.244. The van der Waals surface area contributed by atoms with Crippen LogP contribution in [0, 0.1) is 0 Å². The van der Waals surface area contributed by atoms with E-state index >= 15 is 0 Å². The molecule has 2 N–H and O–H groups in total. The second-order valence-electron chi connectivity index (χ2n) is 3.54. The third kappa shape index (κ3) is 3.27. The van der Waals surface area contributed by atoms with E-state index in [2.05, 4.69) is 20.4 Å². The number of hydrogen-bond donors (Lipinski definition) is 2. The van der Waals surface area contributed by atoms with Gasteiger partial charge in [0.2, 0.25) is 0 Å². The SMILES string of the molecule is CC(=NO)c1csc(NC(=O)c2ccc(Cl)cn2)n1. The van der Waals surface area contributed by atoms with Crippen molar-refractivity contribution in [2.75, 3.05) is 5.32 Å². The van der Waals surface area contributed by atoms with Crippen LogP contribution in [0.4, 0.5) is 5.13 Å². The van der Waals surface area contributed by atoms with E-state index in [0.717, 1.165) is 0 Å². The Kier molecular flexibility index (Phi) is 4.08. The van der Waals surface area contributed by atoms with Crippen LogP contribution >= 0.6 is 22.9 Å². The molecule has 19 heavy (non-hydrogen) atoms. The largest absolute Gasteiger partial charge is 0.411 e. The number of halogens is 1. The second kappa shape index (κ2) is 5.77. The zero-order chi connectivity index (χ0) is 13.8. The van der Waals surface area contributed by atoms with Gasteiger partial charge < -0.3 is 5.21 Å². The van der Waals surface area contributed by atoms with Gasteiger partial charge in [0.25, 0.3) is 5.91 Å². The zero-order valence-electron chi connectivity index (χ0n) is 9.79. The molecule has 0 aliphatic carbocycles. The van der Waals surface area contributed by atoms with Crippen molar-refractivity contribution in [1.82, 2.24) is 9.97 Å². The number of nitrogens with one attached hydrogen (secondary N) is 1. The highest BCUT2D eigenvalue weighted by molar-refractivity contribution is 7.14. The number of oxime groups is 1. The lowest BCUT2D eigenvalue weighted by Crippen LogP contribution is -2.13. The van der Waals surface area contributed by atoms with Crippen LogP contribution in [0.2, 0.25) is 5.02 Å². The van der Waals surface area contributed by atoms with E-state index in [1.54, 1.807) is 18.4 Å². The first kappa shape index (κ1) is 13.4. The van der Waals surface area contributed by atoms with E-state index in [1.165, 1.54) is 23.6 Å². The number of carbonyl (C=O) groups excluding carboxylic acids is 1. The van der Waals surface area contributed by atoms with Gasteiger partial charge in [0.15, 0.2) is 5.13 Å². The molecule has 2 aromatic heterocycles. The average Bonchev–Trinajstić information content (AvgIpc) is 2.87. The quantitative estimate of drug-likeness (QED) is 0.518. The molecule has 0 unspecified atom stereocenters. The van der Waals surface area contributed by atoms with Crippen LogP contribution in [0.1, 0.15) is 23.1 Å². The molecule has 0 saturated carbocycles. The maximum atomic E-state index is 11.8. The summed E-state index contributed by atoms with van der Waals surface area (Å²) in [5.74, 6) is -0.379. The second-order valence-corrected chi connectivity index (χ2v) is 4.83. The molecule has 2 aromatic rings. The lowest BCUT2D eigenvalue weighted by molar-refractivity contribution is 0.102. The van der Waals surface area contributed by atoms with Gasteiger partial charge in [0, 0.05) is 11.6 Å². The predicted octanol–water partition coefficient (Wildman–Crippen LogP) is 2.64. The van der Waals surface area contributed by atoms with Gasteiger partial charge in [0.05, 0.1) is 5.02 Å². The van der Waals surface area contributed by atoms with E-state index in [-0.39, 0.29) is 11.6 Å². The number of anilines is 1. The van der Waals surface area contributed by atoms with Gasteiger partial charge in [-0.1, -0.05) is 16.8 Å². The van der Waals surface area contributed by atoms with Crippen LogP contribution in [-0.2, 0) is 0 Å².